The van der Waals surface area contributed by atoms with E-state index in [0.29, 0.717) is 6.04 Å². The second-order valence-electron chi connectivity index (χ2n) is 6.03. The van der Waals surface area contributed by atoms with Crippen LogP contribution in [-0.2, 0) is 4.79 Å². The largest absolute Gasteiger partial charge is 0.336 e. The summed E-state index contributed by atoms with van der Waals surface area (Å²) in [6.07, 6.45) is 2.54. The van der Waals surface area contributed by atoms with Gasteiger partial charge < -0.3 is 4.90 Å². The van der Waals surface area contributed by atoms with E-state index in [1.165, 1.54) is 19.4 Å². The number of rotatable bonds is 2. The molecule has 3 heteroatoms. The van der Waals surface area contributed by atoms with Gasteiger partial charge in [0.15, 0.2) is 0 Å². The van der Waals surface area contributed by atoms with Crippen LogP contribution in [0.2, 0.25) is 0 Å². The minimum atomic E-state index is 0.245. The van der Waals surface area contributed by atoms with Crippen molar-refractivity contribution in [2.24, 2.45) is 5.92 Å². The molecule has 2 heterocycles. The van der Waals surface area contributed by atoms with Crippen LogP contribution in [0, 0.1) is 5.92 Å². The molecule has 2 atom stereocenters. The third kappa shape index (κ3) is 2.61. The Bertz CT molecular complexity index is 358. The summed E-state index contributed by atoms with van der Waals surface area (Å²) < 4.78 is 0. The highest BCUT2D eigenvalue weighted by Gasteiger charge is 2.36. The van der Waals surface area contributed by atoms with E-state index < -0.39 is 0 Å². The van der Waals surface area contributed by atoms with Crippen LogP contribution in [0.5, 0.6) is 0 Å². The minimum Gasteiger partial charge on any atom is -0.336 e. The predicted octanol–water partition coefficient (Wildman–Crippen LogP) is 2.29. The molecule has 0 radical (unpaired) electrons. The molecule has 0 aliphatic carbocycles. The van der Waals surface area contributed by atoms with E-state index in [2.05, 4.69) is 16.7 Å². The Balaban J connectivity index is 1.99. The van der Waals surface area contributed by atoms with Crippen molar-refractivity contribution in [3.05, 3.63) is 11.1 Å². The summed E-state index contributed by atoms with van der Waals surface area (Å²) in [6.45, 7) is 12.4. The van der Waals surface area contributed by atoms with E-state index in [1.54, 1.807) is 0 Å². The second-order valence-corrected chi connectivity index (χ2v) is 6.03. The van der Waals surface area contributed by atoms with Crippen LogP contribution in [0.25, 0.3) is 0 Å². The van der Waals surface area contributed by atoms with E-state index in [9.17, 15) is 4.79 Å². The van der Waals surface area contributed by atoms with Gasteiger partial charge in [-0.2, -0.15) is 0 Å². The standard InChI is InChI=1S/C15H26N2O/c1-5-13-8-14-10-17(7-6-16(14)9-13)15(18)12(4)11(2)3/h13-14H,5-10H2,1-4H3. The van der Waals surface area contributed by atoms with Crippen LogP contribution in [-0.4, -0.2) is 47.9 Å². The van der Waals surface area contributed by atoms with Crippen molar-refractivity contribution in [2.45, 2.75) is 46.6 Å². The number of amides is 1. The molecule has 2 rings (SSSR count). The first-order chi connectivity index (χ1) is 8.52. The maximum atomic E-state index is 12.3. The zero-order valence-electron chi connectivity index (χ0n) is 12.2. The third-order valence-electron chi connectivity index (χ3n) is 4.64. The van der Waals surface area contributed by atoms with Crippen molar-refractivity contribution in [2.75, 3.05) is 26.2 Å². The Morgan fingerprint density at radius 2 is 1.89 bits per heavy atom. The summed E-state index contributed by atoms with van der Waals surface area (Å²) in [5.74, 6) is 1.09. The van der Waals surface area contributed by atoms with Crippen LogP contribution >= 0.6 is 0 Å². The van der Waals surface area contributed by atoms with Crippen molar-refractivity contribution in [1.82, 2.24) is 9.80 Å². The van der Waals surface area contributed by atoms with Gasteiger partial charge in [-0.05, 0) is 33.1 Å². The number of hydrogen-bond donors (Lipinski definition) is 0. The molecule has 3 nitrogen and oxygen atoms in total. The zero-order valence-corrected chi connectivity index (χ0v) is 12.2. The molecule has 102 valence electrons. The normalized spacial score (nSPS) is 28.1. The first kappa shape index (κ1) is 13.6. The molecule has 0 bridgehead atoms. The monoisotopic (exact) mass is 250 g/mol. The van der Waals surface area contributed by atoms with Crippen LogP contribution in [0.1, 0.15) is 40.5 Å². The summed E-state index contributed by atoms with van der Waals surface area (Å²) in [6, 6.07) is 0.609. The van der Waals surface area contributed by atoms with E-state index in [0.717, 1.165) is 36.7 Å². The second kappa shape index (κ2) is 5.43. The van der Waals surface area contributed by atoms with E-state index in [4.69, 9.17) is 0 Å². The number of piperazine rings is 1. The summed E-state index contributed by atoms with van der Waals surface area (Å²) in [4.78, 5) is 17.0. The minimum absolute atomic E-state index is 0.245. The highest BCUT2D eigenvalue weighted by molar-refractivity contribution is 5.93. The number of hydrogen-bond acceptors (Lipinski definition) is 2. The van der Waals surface area contributed by atoms with Gasteiger partial charge >= 0.3 is 0 Å². The van der Waals surface area contributed by atoms with Gasteiger partial charge in [-0.25, -0.2) is 0 Å². The van der Waals surface area contributed by atoms with Gasteiger partial charge in [-0.3, -0.25) is 9.69 Å². The lowest BCUT2D eigenvalue weighted by atomic mass is 10.0. The Kier molecular flexibility index (Phi) is 4.10. The van der Waals surface area contributed by atoms with Crippen LogP contribution in [0.15, 0.2) is 11.1 Å². The number of nitrogens with zero attached hydrogens (tertiary/aromatic N) is 2. The Hall–Kier alpha value is -0.830. The lowest BCUT2D eigenvalue weighted by Crippen LogP contribution is -2.52. The molecule has 0 aromatic heterocycles. The average molecular weight is 250 g/mol. The number of carbonyl (C=O) groups is 1. The van der Waals surface area contributed by atoms with Gasteiger partial charge in [0.2, 0.25) is 5.91 Å². The molecular formula is C15H26N2O. The molecule has 2 aliphatic heterocycles. The van der Waals surface area contributed by atoms with Crippen molar-refractivity contribution in [1.29, 1.82) is 0 Å². The first-order valence-corrected chi connectivity index (χ1v) is 7.20. The van der Waals surface area contributed by atoms with Crippen LogP contribution in [0.4, 0.5) is 0 Å². The molecule has 18 heavy (non-hydrogen) atoms. The van der Waals surface area contributed by atoms with E-state index in [1.807, 2.05) is 20.8 Å². The number of fused-ring (bicyclic) bond motifs is 1. The zero-order chi connectivity index (χ0) is 13.3. The van der Waals surface area contributed by atoms with Crippen molar-refractivity contribution < 1.29 is 4.79 Å². The van der Waals surface area contributed by atoms with E-state index in [-0.39, 0.29) is 5.91 Å². The summed E-state index contributed by atoms with van der Waals surface area (Å²) in [5, 5.41) is 0. The van der Waals surface area contributed by atoms with Gasteiger partial charge in [-0.15, -0.1) is 0 Å². The molecule has 2 fully saturated rings. The highest BCUT2D eigenvalue weighted by atomic mass is 16.2. The molecule has 0 N–H and O–H groups in total. The SMILES string of the molecule is CCC1CC2CN(C(=O)C(C)=C(C)C)CCN2C1. The maximum absolute atomic E-state index is 12.3. The fourth-order valence-electron chi connectivity index (χ4n) is 3.08. The topological polar surface area (TPSA) is 23.6 Å². The van der Waals surface area contributed by atoms with Gasteiger partial charge in [-0.1, -0.05) is 18.9 Å². The number of carbonyl (C=O) groups excluding carboxylic acids is 1. The molecule has 0 aromatic carbocycles. The lowest BCUT2D eigenvalue weighted by Gasteiger charge is -2.37. The average Bonchev–Trinajstić information content (AvgIpc) is 2.78. The fourth-order valence-corrected chi connectivity index (χ4v) is 3.08. The molecule has 2 unspecified atom stereocenters. The highest BCUT2D eigenvalue weighted by Crippen LogP contribution is 2.28. The molecule has 1 amide bonds. The summed E-state index contributed by atoms with van der Waals surface area (Å²) >= 11 is 0. The Morgan fingerprint density at radius 3 is 2.50 bits per heavy atom. The Labute approximate surface area is 111 Å². The molecule has 0 saturated carbocycles. The number of allylic oxidation sites excluding steroid dienone is 1. The molecule has 0 spiro atoms. The van der Waals surface area contributed by atoms with Gasteiger partial charge in [0.25, 0.3) is 0 Å². The van der Waals surface area contributed by atoms with E-state index >= 15 is 0 Å². The van der Waals surface area contributed by atoms with Crippen molar-refractivity contribution in [3.63, 3.8) is 0 Å². The third-order valence-corrected chi connectivity index (χ3v) is 4.64. The summed E-state index contributed by atoms with van der Waals surface area (Å²) in [5.41, 5.74) is 2.06. The fraction of sp³-hybridized carbons (Fsp3) is 0.800. The lowest BCUT2D eigenvalue weighted by molar-refractivity contribution is -0.129. The van der Waals surface area contributed by atoms with Gasteiger partial charge in [0.1, 0.15) is 0 Å². The van der Waals surface area contributed by atoms with Crippen molar-refractivity contribution >= 4 is 5.91 Å². The first-order valence-electron chi connectivity index (χ1n) is 7.20. The molecule has 0 aromatic rings. The van der Waals surface area contributed by atoms with Gasteiger partial charge in [0, 0.05) is 37.8 Å². The molecular weight excluding hydrogens is 224 g/mol. The van der Waals surface area contributed by atoms with Gasteiger partial charge in [0.05, 0.1) is 0 Å². The summed E-state index contributed by atoms with van der Waals surface area (Å²) in [7, 11) is 0. The maximum Gasteiger partial charge on any atom is 0.249 e. The Morgan fingerprint density at radius 1 is 1.17 bits per heavy atom. The molecule has 2 aliphatic rings. The van der Waals surface area contributed by atoms with Crippen molar-refractivity contribution in [3.8, 4) is 0 Å². The quantitative estimate of drug-likeness (QED) is 0.702. The van der Waals surface area contributed by atoms with Crippen LogP contribution < -0.4 is 0 Å². The van der Waals surface area contributed by atoms with Crippen LogP contribution in [0.3, 0.4) is 0 Å². The predicted molar refractivity (Wildman–Crippen MR) is 74.4 cm³/mol. The molecule has 2 saturated heterocycles. The smallest absolute Gasteiger partial charge is 0.249 e.